The summed E-state index contributed by atoms with van der Waals surface area (Å²) in [5.41, 5.74) is 2.04. The van der Waals surface area contributed by atoms with E-state index in [0.29, 0.717) is 32.1 Å². The van der Waals surface area contributed by atoms with Crippen LogP contribution in [0.4, 0.5) is 8.78 Å². The van der Waals surface area contributed by atoms with Gasteiger partial charge in [0.25, 0.3) is 5.56 Å². The van der Waals surface area contributed by atoms with Crippen molar-refractivity contribution in [1.29, 1.82) is 0 Å². The van der Waals surface area contributed by atoms with E-state index in [4.69, 9.17) is 11.6 Å². The van der Waals surface area contributed by atoms with Gasteiger partial charge in [0.2, 0.25) is 0 Å². The van der Waals surface area contributed by atoms with Gasteiger partial charge >= 0.3 is 6.55 Å². The quantitative estimate of drug-likeness (QED) is 0.302. The fourth-order valence-corrected chi connectivity index (χ4v) is 5.46. The van der Waals surface area contributed by atoms with E-state index in [2.05, 4.69) is 15.0 Å². The van der Waals surface area contributed by atoms with E-state index < -0.39 is 6.55 Å². The lowest BCUT2D eigenvalue weighted by atomic mass is 10.1. The normalized spacial score (nSPS) is 11.7. The zero-order chi connectivity index (χ0) is 21.5. The number of thioether (sulfide) groups is 1. The molecule has 1 N–H and O–H groups in total. The second-order valence-corrected chi connectivity index (χ2v) is 8.85. The Bertz CT molecular complexity index is 1480. The topological polar surface area (TPSA) is 63.6 Å². The Kier molecular flexibility index (Phi) is 5.25. The maximum Gasteiger partial charge on any atom is 0.321 e. The van der Waals surface area contributed by atoms with Crippen molar-refractivity contribution in [3.05, 3.63) is 75.1 Å². The monoisotopic (exact) mass is 474 g/mol. The number of thiophene rings is 1. The van der Waals surface area contributed by atoms with Crippen LogP contribution in [0.25, 0.3) is 32.4 Å². The number of nitrogens with one attached hydrogen (secondary N) is 1. The SMILES string of the molecule is O=c1[nH]c(CSc2nc3ccccc3n2C(F)F)nc2scc(-c3ccccc3Cl)c12. The molecule has 0 aliphatic carbocycles. The molecule has 0 aliphatic heterocycles. The van der Waals surface area contributed by atoms with E-state index in [1.807, 2.05) is 23.6 Å². The smallest absolute Gasteiger partial charge is 0.309 e. The molecule has 10 heteroatoms. The van der Waals surface area contributed by atoms with Gasteiger partial charge in [-0.25, -0.2) is 9.97 Å². The zero-order valence-electron chi connectivity index (χ0n) is 15.7. The van der Waals surface area contributed by atoms with Gasteiger partial charge in [0.15, 0.2) is 5.16 Å². The van der Waals surface area contributed by atoms with Gasteiger partial charge < -0.3 is 4.98 Å². The van der Waals surface area contributed by atoms with Crippen LogP contribution < -0.4 is 5.56 Å². The van der Waals surface area contributed by atoms with E-state index in [0.717, 1.165) is 27.5 Å². The van der Waals surface area contributed by atoms with Crippen molar-refractivity contribution >= 4 is 55.9 Å². The van der Waals surface area contributed by atoms with Crippen LogP contribution >= 0.6 is 34.7 Å². The summed E-state index contributed by atoms with van der Waals surface area (Å²) in [7, 11) is 0. The molecule has 0 fully saturated rings. The van der Waals surface area contributed by atoms with Gasteiger partial charge in [-0.3, -0.25) is 9.36 Å². The number of H-pyrrole nitrogens is 1. The summed E-state index contributed by atoms with van der Waals surface area (Å²) in [5.74, 6) is 0.587. The van der Waals surface area contributed by atoms with E-state index >= 15 is 0 Å². The van der Waals surface area contributed by atoms with Crippen molar-refractivity contribution in [3.63, 3.8) is 0 Å². The summed E-state index contributed by atoms with van der Waals surface area (Å²) in [6, 6.07) is 14.0. The molecule has 0 aliphatic rings. The minimum Gasteiger partial charge on any atom is -0.309 e. The maximum absolute atomic E-state index is 13.6. The number of aromatic amines is 1. The van der Waals surface area contributed by atoms with Crippen LogP contribution in [0.3, 0.4) is 0 Å². The molecular formula is C21H13ClF2N4OS2. The van der Waals surface area contributed by atoms with Crippen molar-refractivity contribution in [1.82, 2.24) is 19.5 Å². The number of rotatable bonds is 5. The van der Waals surface area contributed by atoms with E-state index in [9.17, 15) is 13.6 Å². The molecule has 0 bridgehead atoms. The third kappa shape index (κ3) is 3.62. The van der Waals surface area contributed by atoms with Crippen molar-refractivity contribution in [2.24, 2.45) is 0 Å². The number of fused-ring (bicyclic) bond motifs is 2. The van der Waals surface area contributed by atoms with Crippen LogP contribution in [0, 0.1) is 0 Å². The van der Waals surface area contributed by atoms with Crippen LogP contribution in [-0.2, 0) is 5.75 Å². The van der Waals surface area contributed by atoms with Gasteiger partial charge in [0.1, 0.15) is 10.7 Å². The van der Waals surface area contributed by atoms with Gasteiger partial charge in [-0.05, 0) is 18.2 Å². The first-order chi connectivity index (χ1) is 15.0. The lowest BCUT2D eigenvalue weighted by molar-refractivity contribution is 0.0656. The number of halogens is 3. The molecule has 3 aromatic heterocycles. The number of para-hydroxylation sites is 2. The fourth-order valence-electron chi connectivity index (χ4n) is 3.39. The lowest BCUT2D eigenvalue weighted by Crippen LogP contribution is -2.11. The molecule has 0 unspecified atom stereocenters. The van der Waals surface area contributed by atoms with Gasteiger partial charge in [-0.1, -0.05) is 53.7 Å². The summed E-state index contributed by atoms with van der Waals surface area (Å²) in [5, 5.41) is 3.03. The summed E-state index contributed by atoms with van der Waals surface area (Å²) in [4.78, 5) is 25.0. The Hall–Kier alpha value is -2.75. The number of hydrogen-bond donors (Lipinski definition) is 1. The predicted octanol–water partition coefficient (Wildman–Crippen LogP) is 6.34. The Morgan fingerprint density at radius 1 is 1.10 bits per heavy atom. The number of alkyl halides is 2. The first kappa shape index (κ1) is 20.2. The van der Waals surface area contributed by atoms with Gasteiger partial charge in [-0.15, -0.1) is 11.3 Å². The second kappa shape index (κ2) is 8.07. The molecular weight excluding hydrogens is 462 g/mol. The molecule has 0 amide bonds. The molecule has 0 saturated heterocycles. The molecule has 0 spiro atoms. The van der Waals surface area contributed by atoms with Crippen LogP contribution in [-0.4, -0.2) is 19.5 Å². The van der Waals surface area contributed by atoms with E-state index in [1.54, 1.807) is 30.3 Å². The highest BCUT2D eigenvalue weighted by atomic mass is 35.5. The minimum atomic E-state index is -2.72. The standard InChI is InChI=1S/C21H13ClF2N4OS2/c22-13-6-2-1-5-11(13)12-9-30-19-17(12)18(29)26-16(27-19)10-31-21-25-14-7-3-4-8-15(14)28(21)20(23)24/h1-9,20H,10H2,(H,26,27,29). The highest BCUT2D eigenvalue weighted by Gasteiger charge is 2.19. The largest absolute Gasteiger partial charge is 0.321 e. The summed E-state index contributed by atoms with van der Waals surface area (Å²) < 4.78 is 28.1. The maximum atomic E-state index is 13.6. The third-order valence-corrected chi connectivity index (χ3v) is 6.92. The van der Waals surface area contributed by atoms with Crippen LogP contribution in [0.2, 0.25) is 5.02 Å². The molecule has 5 rings (SSSR count). The van der Waals surface area contributed by atoms with Crippen LogP contribution in [0.1, 0.15) is 12.4 Å². The molecule has 3 heterocycles. The van der Waals surface area contributed by atoms with Gasteiger partial charge in [-0.2, -0.15) is 8.78 Å². The highest BCUT2D eigenvalue weighted by Crippen LogP contribution is 2.35. The molecule has 0 radical (unpaired) electrons. The van der Waals surface area contributed by atoms with E-state index in [1.165, 1.54) is 11.3 Å². The zero-order valence-corrected chi connectivity index (χ0v) is 18.1. The van der Waals surface area contributed by atoms with Crippen molar-refractivity contribution in [2.75, 3.05) is 0 Å². The molecule has 2 aromatic carbocycles. The molecule has 5 nitrogen and oxygen atoms in total. The van der Waals surface area contributed by atoms with Gasteiger partial charge in [0, 0.05) is 21.5 Å². The van der Waals surface area contributed by atoms with Crippen molar-refractivity contribution in [3.8, 4) is 11.1 Å². The average Bonchev–Trinajstić information content (AvgIpc) is 3.34. The Morgan fingerprint density at radius 3 is 2.68 bits per heavy atom. The van der Waals surface area contributed by atoms with Crippen LogP contribution in [0.5, 0.6) is 0 Å². The molecule has 0 atom stereocenters. The predicted molar refractivity (Wildman–Crippen MR) is 121 cm³/mol. The minimum absolute atomic E-state index is 0.168. The summed E-state index contributed by atoms with van der Waals surface area (Å²) >= 11 is 8.73. The number of hydrogen-bond acceptors (Lipinski definition) is 5. The number of benzene rings is 2. The fraction of sp³-hybridized carbons (Fsp3) is 0.0952. The molecule has 5 aromatic rings. The molecule has 31 heavy (non-hydrogen) atoms. The van der Waals surface area contributed by atoms with Gasteiger partial charge in [0.05, 0.1) is 22.2 Å². The Labute approximate surface area is 187 Å². The Morgan fingerprint density at radius 2 is 1.87 bits per heavy atom. The van der Waals surface area contributed by atoms with Crippen molar-refractivity contribution in [2.45, 2.75) is 17.5 Å². The lowest BCUT2D eigenvalue weighted by Gasteiger charge is -2.07. The second-order valence-electron chi connectivity index (χ2n) is 6.64. The summed E-state index contributed by atoms with van der Waals surface area (Å²) in [6.45, 7) is -2.72. The first-order valence-electron chi connectivity index (χ1n) is 9.16. The first-order valence-corrected chi connectivity index (χ1v) is 11.4. The average molecular weight is 475 g/mol. The van der Waals surface area contributed by atoms with Crippen molar-refractivity contribution < 1.29 is 8.78 Å². The number of imidazole rings is 1. The highest BCUT2D eigenvalue weighted by molar-refractivity contribution is 7.98. The number of nitrogens with zero attached hydrogens (tertiary/aromatic N) is 3. The molecule has 156 valence electrons. The van der Waals surface area contributed by atoms with E-state index in [-0.39, 0.29) is 16.5 Å². The number of aromatic nitrogens is 4. The third-order valence-electron chi connectivity index (χ3n) is 4.75. The summed E-state index contributed by atoms with van der Waals surface area (Å²) in [6.07, 6.45) is 0. The Balaban J connectivity index is 1.49. The van der Waals surface area contributed by atoms with Crippen LogP contribution in [0.15, 0.2) is 63.9 Å². The molecule has 0 saturated carbocycles.